The molecule has 0 saturated carbocycles. The van der Waals surface area contributed by atoms with Gasteiger partial charge in [0.2, 0.25) is 5.91 Å². The third-order valence-corrected chi connectivity index (χ3v) is 4.18. The van der Waals surface area contributed by atoms with Crippen molar-refractivity contribution >= 4 is 5.91 Å². The van der Waals surface area contributed by atoms with Gasteiger partial charge in [0.05, 0.1) is 0 Å². The number of carbonyl (C=O) groups is 1. The van der Waals surface area contributed by atoms with Gasteiger partial charge < -0.3 is 5.73 Å². The van der Waals surface area contributed by atoms with Crippen LogP contribution in [-0.4, -0.2) is 29.0 Å². The lowest BCUT2D eigenvalue weighted by molar-refractivity contribution is -0.133. The van der Waals surface area contributed by atoms with Gasteiger partial charge in [-0.15, -0.1) is 0 Å². The van der Waals surface area contributed by atoms with Crippen molar-refractivity contribution in [3.8, 4) is 0 Å². The summed E-state index contributed by atoms with van der Waals surface area (Å²) >= 11 is 0. The fraction of sp³-hybridized carbons (Fsp3) is 0.933. The van der Waals surface area contributed by atoms with Crippen molar-refractivity contribution in [1.29, 1.82) is 0 Å². The molecular formula is C15H31N3O. The van der Waals surface area contributed by atoms with Crippen molar-refractivity contribution in [3.05, 3.63) is 0 Å². The first-order chi connectivity index (χ1) is 8.91. The Balaban J connectivity index is 2.35. The summed E-state index contributed by atoms with van der Waals surface area (Å²) in [5.74, 6) is 0.227. The number of hydrogen-bond donors (Lipinski definition) is 2. The third-order valence-electron chi connectivity index (χ3n) is 4.18. The van der Waals surface area contributed by atoms with Crippen LogP contribution in [0.2, 0.25) is 0 Å². The Morgan fingerprint density at radius 3 is 2.37 bits per heavy atom. The van der Waals surface area contributed by atoms with Gasteiger partial charge in [-0.3, -0.25) is 10.2 Å². The Kier molecular flexibility index (Phi) is 6.80. The Morgan fingerprint density at radius 1 is 1.26 bits per heavy atom. The molecule has 1 rings (SSSR count). The predicted octanol–water partition coefficient (Wildman–Crippen LogP) is 2.43. The van der Waals surface area contributed by atoms with Crippen molar-refractivity contribution in [2.24, 2.45) is 11.7 Å². The van der Waals surface area contributed by atoms with Crippen LogP contribution in [0.1, 0.15) is 66.2 Å². The first kappa shape index (κ1) is 16.4. The lowest BCUT2D eigenvalue weighted by atomic mass is 9.99. The molecule has 0 aliphatic carbocycles. The summed E-state index contributed by atoms with van der Waals surface area (Å²) < 4.78 is 0. The molecule has 4 unspecified atom stereocenters. The van der Waals surface area contributed by atoms with E-state index in [4.69, 9.17) is 5.73 Å². The van der Waals surface area contributed by atoms with Gasteiger partial charge in [-0.25, -0.2) is 5.01 Å². The summed E-state index contributed by atoms with van der Waals surface area (Å²) in [7, 11) is 0. The molecule has 0 aromatic carbocycles. The highest BCUT2D eigenvalue weighted by molar-refractivity contribution is 5.77. The van der Waals surface area contributed by atoms with Crippen LogP contribution in [0, 0.1) is 5.92 Å². The zero-order chi connectivity index (χ0) is 14.4. The number of nitrogens with zero attached hydrogens (tertiary/aromatic N) is 1. The van der Waals surface area contributed by atoms with Gasteiger partial charge in [-0.1, -0.05) is 19.8 Å². The van der Waals surface area contributed by atoms with E-state index < -0.39 is 0 Å². The highest BCUT2D eigenvalue weighted by Gasteiger charge is 2.27. The molecule has 4 nitrogen and oxygen atoms in total. The third kappa shape index (κ3) is 5.49. The molecule has 0 aromatic heterocycles. The van der Waals surface area contributed by atoms with E-state index in [9.17, 15) is 4.79 Å². The standard InChI is InChI=1S/C15H31N3O/c1-11(7-5-8-12(2)16)15(19)17-18-13(3)9-6-10-14(18)4/h11-14H,5-10,16H2,1-4H3,(H,17,19). The number of nitrogens with one attached hydrogen (secondary N) is 1. The van der Waals surface area contributed by atoms with E-state index in [2.05, 4.69) is 24.3 Å². The Hall–Kier alpha value is -0.610. The monoisotopic (exact) mass is 269 g/mol. The van der Waals surface area contributed by atoms with Crippen LogP contribution in [0.3, 0.4) is 0 Å². The molecule has 0 aromatic rings. The molecule has 19 heavy (non-hydrogen) atoms. The Labute approximate surface area is 118 Å². The normalized spacial score (nSPS) is 27.8. The number of rotatable bonds is 6. The van der Waals surface area contributed by atoms with Crippen LogP contribution in [0.15, 0.2) is 0 Å². The number of hydrogen-bond acceptors (Lipinski definition) is 3. The summed E-state index contributed by atoms with van der Waals surface area (Å²) in [4.78, 5) is 12.2. The van der Waals surface area contributed by atoms with Crippen LogP contribution in [0.25, 0.3) is 0 Å². The van der Waals surface area contributed by atoms with E-state index in [1.807, 2.05) is 13.8 Å². The van der Waals surface area contributed by atoms with Crippen LogP contribution in [0.4, 0.5) is 0 Å². The minimum Gasteiger partial charge on any atom is -0.328 e. The largest absolute Gasteiger partial charge is 0.328 e. The number of amides is 1. The first-order valence-corrected chi connectivity index (χ1v) is 7.76. The Morgan fingerprint density at radius 2 is 1.84 bits per heavy atom. The number of nitrogens with two attached hydrogens (primary N) is 1. The van der Waals surface area contributed by atoms with Crippen molar-refractivity contribution in [2.75, 3.05) is 0 Å². The van der Waals surface area contributed by atoms with E-state index in [0.717, 1.165) is 19.3 Å². The molecule has 1 fully saturated rings. The van der Waals surface area contributed by atoms with Crippen LogP contribution in [-0.2, 0) is 4.79 Å². The molecule has 4 atom stereocenters. The molecule has 0 radical (unpaired) electrons. The van der Waals surface area contributed by atoms with E-state index >= 15 is 0 Å². The molecule has 3 N–H and O–H groups in total. The zero-order valence-electron chi connectivity index (χ0n) is 13.0. The molecule has 0 bridgehead atoms. The smallest absolute Gasteiger partial charge is 0.237 e. The highest BCUT2D eigenvalue weighted by atomic mass is 16.2. The summed E-state index contributed by atoms with van der Waals surface area (Å²) in [6.45, 7) is 8.41. The molecular weight excluding hydrogens is 238 g/mol. The highest BCUT2D eigenvalue weighted by Crippen LogP contribution is 2.21. The summed E-state index contributed by atoms with van der Waals surface area (Å²) in [5.41, 5.74) is 8.85. The first-order valence-electron chi connectivity index (χ1n) is 7.76. The zero-order valence-corrected chi connectivity index (χ0v) is 13.0. The van der Waals surface area contributed by atoms with Crippen LogP contribution < -0.4 is 11.2 Å². The predicted molar refractivity (Wildman–Crippen MR) is 79.4 cm³/mol. The van der Waals surface area contributed by atoms with E-state index in [0.29, 0.717) is 12.1 Å². The van der Waals surface area contributed by atoms with E-state index in [-0.39, 0.29) is 17.9 Å². The average molecular weight is 269 g/mol. The molecule has 1 saturated heterocycles. The van der Waals surface area contributed by atoms with Crippen molar-refractivity contribution in [2.45, 2.75) is 84.3 Å². The topological polar surface area (TPSA) is 58.4 Å². The summed E-state index contributed by atoms with van der Waals surface area (Å²) in [5, 5.41) is 2.15. The van der Waals surface area contributed by atoms with Crippen molar-refractivity contribution in [3.63, 3.8) is 0 Å². The van der Waals surface area contributed by atoms with Crippen LogP contribution >= 0.6 is 0 Å². The summed E-state index contributed by atoms with van der Waals surface area (Å²) in [6.07, 6.45) is 6.54. The van der Waals surface area contributed by atoms with Gasteiger partial charge in [0, 0.05) is 24.0 Å². The second-order valence-electron chi connectivity index (χ2n) is 6.32. The number of carbonyl (C=O) groups excluding carboxylic acids is 1. The lowest BCUT2D eigenvalue weighted by Gasteiger charge is -2.39. The van der Waals surface area contributed by atoms with Crippen LogP contribution in [0.5, 0.6) is 0 Å². The van der Waals surface area contributed by atoms with Gasteiger partial charge in [-0.05, 0) is 46.5 Å². The van der Waals surface area contributed by atoms with Crippen molar-refractivity contribution < 1.29 is 4.79 Å². The second kappa shape index (κ2) is 7.85. The molecule has 112 valence electrons. The van der Waals surface area contributed by atoms with Gasteiger partial charge in [0.1, 0.15) is 0 Å². The maximum absolute atomic E-state index is 12.2. The quantitative estimate of drug-likeness (QED) is 0.778. The fourth-order valence-electron chi connectivity index (χ4n) is 2.76. The Bertz CT molecular complexity index is 271. The molecule has 0 spiro atoms. The molecule has 1 heterocycles. The summed E-state index contributed by atoms with van der Waals surface area (Å²) in [6, 6.07) is 1.13. The van der Waals surface area contributed by atoms with E-state index in [1.165, 1.54) is 19.3 Å². The maximum Gasteiger partial charge on any atom is 0.237 e. The van der Waals surface area contributed by atoms with E-state index in [1.54, 1.807) is 0 Å². The van der Waals surface area contributed by atoms with Crippen molar-refractivity contribution in [1.82, 2.24) is 10.4 Å². The van der Waals surface area contributed by atoms with Gasteiger partial charge in [0.25, 0.3) is 0 Å². The number of hydrazine groups is 1. The molecule has 1 amide bonds. The minimum absolute atomic E-state index is 0.0695. The SMILES string of the molecule is CC(N)CCCC(C)C(=O)NN1C(C)CCCC1C. The molecule has 1 aliphatic rings. The molecule has 1 aliphatic heterocycles. The van der Waals surface area contributed by atoms with Gasteiger partial charge in [-0.2, -0.15) is 0 Å². The van der Waals surface area contributed by atoms with Gasteiger partial charge >= 0.3 is 0 Å². The van der Waals surface area contributed by atoms with Gasteiger partial charge in [0.15, 0.2) is 0 Å². The maximum atomic E-state index is 12.2. The average Bonchev–Trinajstić information content (AvgIpc) is 2.33. The molecule has 4 heteroatoms. The second-order valence-corrected chi connectivity index (χ2v) is 6.32. The lowest BCUT2D eigenvalue weighted by Crippen LogP contribution is -2.55. The number of piperidine rings is 1. The minimum atomic E-state index is 0.0695. The fourth-order valence-corrected chi connectivity index (χ4v) is 2.76.